The van der Waals surface area contributed by atoms with Crippen molar-refractivity contribution in [3.05, 3.63) is 29.8 Å². The number of carboxylic acid groups (broad SMARTS) is 2. The Balaban J connectivity index is 2.31. The molecule has 3 N–H and O–H groups in total. The molecule has 0 fully saturated rings. The number of aliphatic hydroxyl groups excluding tert-OH is 1. The van der Waals surface area contributed by atoms with Crippen molar-refractivity contribution < 1.29 is 24.9 Å². The molecule has 1 rings (SSSR count). The highest BCUT2D eigenvalue weighted by molar-refractivity contribution is 7.99. The van der Waals surface area contributed by atoms with Gasteiger partial charge in [-0.15, -0.1) is 11.8 Å². The van der Waals surface area contributed by atoms with E-state index in [1.807, 2.05) is 0 Å². The molecule has 0 aliphatic carbocycles. The van der Waals surface area contributed by atoms with Crippen LogP contribution in [0.25, 0.3) is 0 Å². The number of rotatable bonds is 8. The van der Waals surface area contributed by atoms with Gasteiger partial charge in [-0.25, -0.2) is 4.79 Å². The first-order valence-corrected chi connectivity index (χ1v) is 6.83. The SMILES string of the molecule is O=C(O)CCCC(O)CSc1ccc(C(=O)O)cc1. The third-order valence-electron chi connectivity index (χ3n) is 2.47. The smallest absolute Gasteiger partial charge is 0.335 e. The maximum Gasteiger partial charge on any atom is 0.335 e. The van der Waals surface area contributed by atoms with Crippen molar-refractivity contribution in [1.82, 2.24) is 0 Å². The average molecular weight is 284 g/mol. The van der Waals surface area contributed by atoms with Crippen molar-refractivity contribution in [2.75, 3.05) is 5.75 Å². The summed E-state index contributed by atoms with van der Waals surface area (Å²) >= 11 is 1.42. The number of hydrogen-bond acceptors (Lipinski definition) is 4. The van der Waals surface area contributed by atoms with E-state index in [-0.39, 0.29) is 12.0 Å². The molecule has 0 saturated carbocycles. The maximum absolute atomic E-state index is 10.7. The van der Waals surface area contributed by atoms with Crippen molar-refractivity contribution >= 4 is 23.7 Å². The van der Waals surface area contributed by atoms with Crippen LogP contribution < -0.4 is 0 Å². The Morgan fingerprint density at radius 3 is 2.32 bits per heavy atom. The van der Waals surface area contributed by atoms with Crippen LogP contribution in [0.5, 0.6) is 0 Å². The van der Waals surface area contributed by atoms with Gasteiger partial charge in [-0.3, -0.25) is 4.79 Å². The van der Waals surface area contributed by atoms with Gasteiger partial charge in [0.05, 0.1) is 11.7 Å². The van der Waals surface area contributed by atoms with Crippen molar-refractivity contribution in [2.45, 2.75) is 30.3 Å². The molecule has 104 valence electrons. The number of thioether (sulfide) groups is 1. The Kier molecular flexibility index (Phi) is 6.38. The fourth-order valence-electron chi connectivity index (χ4n) is 1.46. The minimum atomic E-state index is -0.967. The van der Waals surface area contributed by atoms with E-state index >= 15 is 0 Å². The predicted molar refractivity (Wildman–Crippen MR) is 71.6 cm³/mol. The van der Waals surface area contributed by atoms with E-state index in [1.165, 1.54) is 23.9 Å². The van der Waals surface area contributed by atoms with Gasteiger partial charge in [-0.05, 0) is 37.1 Å². The fourth-order valence-corrected chi connectivity index (χ4v) is 2.34. The van der Waals surface area contributed by atoms with E-state index < -0.39 is 18.0 Å². The summed E-state index contributed by atoms with van der Waals surface area (Å²) in [6, 6.07) is 6.42. The van der Waals surface area contributed by atoms with Crippen LogP contribution in [0.15, 0.2) is 29.2 Å². The fraction of sp³-hybridized carbons (Fsp3) is 0.385. The van der Waals surface area contributed by atoms with Gasteiger partial charge in [0, 0.05) is 17.1 Å². The van der Waals surface area contributed by atoms with Crippen molar-refractivity contribution in [2.24, 2.45) is 0 Å². The van der Waals surface area contributed by atoms with Gasteiger partial charge in [0.15, 0.2) is 0 Å². The van der Waals surface area contributed by atoms with E-state index in [9.17, 15) is 14.7 Å². The first kappa shape index (κ1) is 15.5. The number of benzene rings is 1. The molecule has 1 unspecified atom stereocenters. The van der Waals surface area contributed by atoms with Crippen LogP contribution in [-0.2, 0) is 4.79 Å². The molecule has 5 nitrogen and oxygen atoms in total. The Morgan fingerprint density at radius 2 is 1.79 bits per heavy atom. The van der Waals surface area contributed by atoms with Gasteiger partial charge in [-0.2, -0.15) is 0 Å². The second-order valence-corrected chi connectivity index (χ2v) is 5.17. The van der Waals surface area contributed by atoms with Gasteiger partial charge < -0.3 is 15.3 Å². The third kappa shape index (κ3) is 6.26. The molecule has 0 amide bonds. The lowest BCUT2D eigenvalue weighted by molar-refractivity contribution is -0.137. The lowest BCUT2D eigenvalue weighted by Crippen LogP contribution is -2.10. The first-order valence-electron chi connectivity index (χ1n) is 5.85. The summed E-state index contributed by atoms with van der Waals surface area (Å²) < 4.78 is 0. The zero-order valence-electron chi connectivity index (χ0n) is 10.3. The van der Waals surface area contributed by atoms with E-state index in [0.29, 0.717) is 18.6 Å². The number of aliphatic carboxylic acids is 1. The van der Waals surface area contributed by atoms with Crippen LogP contribution in [0.1, 0.15) is 29.6 Å². The molecule has 1 aromatic rings. The monoisotopic (exact) mass is 284 g/mol. The van der Waals surface area contributed by atoms with Gasteiger partial charge in [0.2, 0.25) is 0 Å². The third-order valence-corrected chi connectivity index (χ3v) is 3.63. The second-order valence-electron chi connectivity index (χ2n) is 4.08. The average Bonchev–Trinajstić information content (AvgIpc) is 2.36. The number of carboxylic acids is 2. The second kappa shape index (κ2) is 7.81. The Labute approximate surface area is 115 Å². The van der Waals surface area contributed by atoms with E-state index in [0.717, 1.165) is 4.90 Å². The number of aromatic carboxylic acids is 1. The molecule has 1 atom stereocenters. The summed E-state index contributed by atoms with van der Waals surface area (Å²) in [5, 5.41) is 26.9. The quantitative estimate of drug-likeness (QED) is 0.633. The maximum atomic E-state index is 10.7. The van der Waals surface area contributed by atoms with Crippen LogP contribution in [0.3, 0.4) is 0 Å². The summed E-state index contributed by atoms with van der Waals surface area (Å²) in [6.07, 6.45) is 0.416. The minimum Gasteiger partial charge on any atom is -0.481 e. The molecule has 0 aliphatic rings. The zero-order chi connectivity index (χ0) is 14.3. The molecule has 0 heterocycles. The first-order chi connectivity index (χ1) is 8.99. The molecular weight excluding hydrogens is 268 g/mol. The van der Waals surface area contributed by atoms with Crippen LogP contribution in [0.4, 0.5) is 0 Å². The molecule has 0 saturated heterocycles. The topological polar surface area (TPSA) is 94.8 Å². The van der Waals surface area contributed by atoms with E-state index in [2.05, 4.69) is 0 Å². The number of hydrogen-bond donors (Lipinski definition) is 3. The lowest BCUT2D eigenvalue weighted by atomic mass is 10.2. The number of aliphatic hydroxyl groups is 1. The Hall–Kier alpha value is -1.53. The summed E-state index contributed by atoms with van der Waals surface area (Å²) in [7, 11) is 0. The zero-order valence-corrected chi connectivity index (χ0v) is 11.1. The van der Waals surface area contributed by atoms with Crippen LogP contribution in [0.2, 0.25) is 0 Å². The molecular formula is C13H16O5S. The molecule has 1 aromatic carbocycles. The molecule has 19 heavy (non-hydrogen) atoms. The van der Waals surface area contributed by atoms with Gasteiger partial charge in [-0.1, -0.05) is 0 Å². The number of carbonyl (C=O) groups is 2. The lowest BCUT2D eigenvalue weighted by Gasteiger charge is -2.09. The normalized spacial score (nSPS) is 12.1. The molecule has 0 radical (unpaired) electrons. The van der Waals surface area contributed by atoms with Gasteiger partial charge in [0.25, 0.3) is 0 Å². The highest BCUT2D eigenvalue weighted by Crippen LogP contribution is 2.20. The molecule has 0 bridgehead atoms. The molecule has 0 spiro atoms. The standard InChI is InChI=1S/C13H16O5S/c14-10(2-1-3-12(15)16)8-19-11-6-4-9(5-7-11)13(17)18/h4-7,10,14H,1-3,8H2,(H,15,16)(H,17,18). The van der Waals surface area contributed by atoms with Crippen molar-refractivity contribution in [3.63, 3.8) is 0 Å². The summed E-state index contributed by atoms with van der Waals surface area (Å²) in [5.74, 6) is -1.36. The summed E-state index contributed by atoms with van der Waals surface area (Å²) in [4.78, 5) is 21.8. The Morgan fingerprint density at radius 1 is 1.16 bits per heavy atom. The largest absolute Gasteiger partial charge is 0.481 e. The van der Waals surface area contributed by atoms with Crippen molar-refractivity contribution in [3.8, 4) is 0 Å². The summed E-state index contributed by atoms with van der Waals surface area (Å²) in [6.45, 7) is 0. The van der Waals surface area contributed by atoms with E-state index in [1.54, 1.807) is 12.1 Å². The molecule has 6 heteroatoms. The predicted octanol–water partition coefficient (Wildman–Crippen LogP) is 2.09. The minimum absolute atomic E-state index is 0.0645. The van der Waals surface area contributed by atoms with Gasteiger partial charge in [0.1, 0.15) is 0 Å². The highest BCUT2D eigenvalue weighted by Gasteiger charge is 2.07. The van der Waals surface area contributed by atoms with Crippen LogP contribution in [0, 0.1) is 0 Å². The van der Waals surface area contributed by atoms with E-state index in [4.69, 9.17) is 10.2 Å². The van der Waals surface area contributed by atoms with Crippen molar-refractivity contribution in [1.29, 1.82) is 0 Å². The Bertz CT molecular complexity index is 429. The van der Waals surface area contributed by atoms with Crippen LogP contribution in [-0.4, -0.2) is 39.1 Å². The summed E-state index contributed by atoms with van der Waals surface area (Å²) in [5.41, 5.74) is 0.228. The molecule has 0 aromatic heterocycles. The molecule has 0 aliphatic heterocycles. The van der Waals surface area contributed by atoms with Gasteiger partial charge >= 0.3 is 11.9 Å². The highest BCUT2D eigenvalue weighted by atomic mass is 32.2. The van der Waals surface area contributed by atoms with Crippen LogP contribution >= 0.6 is 11.8 Å².